The van der Waals surface area contributed by atoms with E-state index in [1.807, 2.05) is 0 Å². The SMILES string of the molecule is CCOC(=O)C1=C(CS(=O)(=O)c2ccc(F)cc2)NC(=O)NC1c1cc(OC)ccc1OC. The van der Waals surface area contributed by atoms with Crippen molar-refractivity contribution in [1.82, 2.24) is 10.6 Å². The fourth-order valence-corrected chi connectivity index (χ4v) is 4.72. The van der Waals surface area contributed by atoms with E-state index in [0.717, 1.165) is 24.3 Å². The van der Waals surface area contributed by atoms with Gasteiger partial charge in [0.2, 0.25) is 0 Å². The minimum absolute atomic E-state index is 0.0240. The molecule has 2 aromatic rings. The summed E-state index contributed by atoms with van der Waals surface area (Å²) in [6.07, 6.45) is 0. The Hall–Kier alpha value is -3.60. The zero-order valence-electron chi connectivity index (χ0n) is 18.2. The van der Waals surface area contributed by atoms with Crippen LogP contribution in [0.4, 0.5) is 9.18 Å². The smallest absolute Gasteiger partial charge is 0.338 e. The predicted molar refractivity (Wildman–Crippen MR) is 116 cm³/mol. The fourth-order valence-electron chi connectivity index (χ4n) is 3.40. The molecule has 0 aliphatic carbocycles. The number of hydrogen-bond acceptors (Lipinski definition) is 7. The number of methoxy groups -OCH3 is 2. The lowest BCUT2D eigenvalue weighted by Gasteiger charge is -2.30. The summed E-state index contributed by atoms with van der Waals surface area (Å²) >= 11 is 0. The molecule has 1 heterocycles. The molecule has 0 radical (unpaired) electrons. The number of rotatable bonds is 8. The highest BCUT2D eigenvalue weighted by atomic mass is 32.2. The normalized spacial score (nSPS) is 16.0. The average Bonchev–Trinajstić information content (AvgIpc) is 2.78. The van der Waals surface area contributed by atoms with Gasteiger partial charge >= 0.3 is 12.0 Å². The van der Waals surface area contributed by atoms with Crippen LogP contribution in [-0.2, 0) is 19.4 Å². The van der Waals surface area contributed by atoms with Crippen molar-refractivity contribution in [3.63, 3.8) is 0 Å². The molecule has 176 valence electrons. The molecule has 33 heavy (non-hydrogen) atoms. The van der Waals surface area contributed by atoms with Crippen LogP contribution in [0.1, 0.15) is 18.5 Å². The van der Waals surface area contributed by atoms with E-state index < -0.39 is 39.4 Å². The van der Waals surface area contributed by atoms with Crippen LogP contribution in [0.5, 0.6) is 11.5 Å². The van der Waals surface area contributed by atoms with Gasteiger partial charge in [-0.1, -0.05) is 0 Å². The maximum absolute atomic E-state index is 13.3. The highest BCUT2D eigenvalue weighted by Gasteiger charge is 2.37. The highest BCUT2D eigenvalue weighted by Crippen LogP contribution is 2.36. The van der Waals surface area contributed by atoms with Crippen LogP contribution in [0.15, 0.2) is 58.6 Å². The van der Waals surface area contributed by atoms with E-state index in [1.165, 1.54) is 14.2 Å². The molecule has 1 aliphatic rings. The van der Waals surface area contributed by atoms with Gasteiger partial charge in [-0.05, 0) is 49.4 Å². The number of urea groups is 1. The third kappa shape index (κ3) is 5.25. The van der Waals surface area contributed by atoms with Crippen molar-refractivity contribution in [2.75, 3.05) is 26.6 Å². The topological polar surface area (TPSA) is 120 Å². The Morgan fingerprint density at radius 3 is 2.39 bits per heavy atom. The lowest BCUT2D eigenvalue weighted by molar-refractivity contribution is -0.139. The van der Waals surface area contributed by atoms with Crippen molar-refractivity contribution < 1.29 is 36.6 Å². The number of ether oxygens (including phenoxy) is 3. The van der Waals surface area contributed by atoms with Gasteiger partial charge in [-0.2, -0.15) is 0 Å². The second kappa shape index (κ2) is 9.90. The molecule has 0 aromatic heterocycles. The molecule has 0 fully saturated rings. The van der Waals surface area contributed by atoms with Gasteiger partial charge in [0.15, 0.2) is 9.84 Å². The third-order valence-electron chi connectivity index (χ3n) is 4.90. The summed E-state index contributed by atoms with van der Waals surface area (Å²) in [4.78, 5) is 25.2. The number of benzene rings is 2. The molecule has 2 aromatic carbocycles. The largest absolute Gasteiger partial charge is 0.497 e. The van der Waals surface area contributed by atoms with Crippen LogP contribution in [-0.4, -0.2) is 47.0 Å². The molecule has 3 rings (SSSR count). The van der Waals surface area contributed by atoms with Gasteiger partial charge in [0, 0.05) is 11.3 Å². The van der Waals surface area contributed by atoms with Gasteiger partial charge in [0.1, 0.15) is 17.3 Å². The summed E-state index contributed by atoms with van der Waals surface area (Å²) < 4.78 is 55.0. The first kappa shape index (κ1) is 24.1. The number of carbonyl (C=O) groups is 2. The molecular weight excluding hydrogens is 455 g/mol. The number of amides is 2. The van der Waals surface area contributed by atoms with Gasteiger partial charge in [-0.3, -0.25) is 0 Å². The van der Waals surface area contributed by atoms with Crippen molar-refractivity contribution in [3.05, 3.63) is 65.1 Å². The standard InChI is InChI=1S/C22H23FN2O7S/c1-4-32-21(26)19-17(12-33(28,29)15-8-5-13(23)6-9-15)24-22(27)25-20(19)16-11-14(30-2)7-10-18(16)31-3/h5-11,20H,4,12H2,1-3H3,(H2,24,25,27). The first-order valence-corrected chi connectivity index (χ1v) is 11.5. The second-order valence-electron chi connectivity index (χ2n) is 6.97. The van der Waals surface area contributed by atoms with Crippen molar-refractivity contribution in [2.45, 2.75) is 17.9 Å². The number of esters is 1. The van der Waals surface area contributed by atoms with E-state index >= 15 is 0 Å². The van der Waals surface area contributed by atoms with E-state index in [-0.39, 0.29) is 22.8 Å². The zero-order chi connectivity index (χ0) is 24.2. The summed E-state index contributed by atoms with van der Waals surface area (Å²) in [5, 5.41) is 5.03. The number of halogens is 1. The van der Waals surface area contributed by atoms with Crippen molar-refractivity contribution in [3.8, 4) is 11.5 Å². The second-order valence-corrected chi connectivity index (χ2v) is 8.95. The van der Waals surface area contributed by atoms with Gasteiger partial charge in [0.25, 0.3) is 0 Å². The third-order valence-corrected chi connectivity index (χ3v) is 6.56. The molecule has 2 amide bonds. The Bertz CT molecular complexity index is 1190. The molecule has 0 saturated carbocycles. The summed E-state index contributed by atoms with van der Waals surface area (Å²) in [7, 11) is -1.17. The first-order valence-electron chi connectivity index (χ1n) is 9.88. The maximum atomic E-state index is 13.3. The van der Waals surface area contributed by atoms with Gasteiger partial charge in [0.05, 0.1) is 43.1 Å². The van der Waals surface area contributed by atoms with Crippen molar-refractivity contribution >= 4 is 21.8 Å². The van der Waals surface area contributed by atoms with Crippen LogP contribution >= 0.6 is 0 Å². The number of sulfone groups is 1. The molecule has 9 nitrogen and oxygen atoms in total. The number of carbonyl (C=O) groups excluding carboxylic acids is 2. The Morgan fingerprint density at radius 2 is 1.79 bits per heavy atom. The van der Waals surface area contributed by atoms with Crippen molar-refractivity contribution in [2.24, 2.45) is 0 Å². The molecule has 1 atom stereocenters. The summed E-state index contributed by atoms with van der Waals surface area (Å²) in [6, 6.07) is 7.25. The fraction of sp³-hybridized carbons (Fsp3) is 0.273. The Morgan fingerprint density at radius 1 is 1.09 bits per heavy atom. The van der Waals surface area contributed by atoms with Crippen LogP contribution < -0.4 is 20.1 Å². The van der Waals surface area contributed by atoms with E-state index in [0.29, 0.717) is 17.1 Å². The molecule has 2 N–H and O–H groups in total. The average molecular weight is 478 g/mol. The molecule has 1 unspecified atom stereocenters. The van der Waals surface area contributed by atoms with E-state index in [9.17, 15) is 22.4 Å². The molecule has 1 aliphatic heterocycles. The lowest BCUT2D eigenvalue weighted by Crippen LogP contribution is -2.47. The van der Waals surface area contributed by atoms with Crippen LogP contribution in [0.25, 0.3) is 0 Å². The van der Waals surface area contributed by atoms with E-state index in [2.05, 4.69) is 10.6 Å². The minimum atomic E-state index is -4.05. The highest BCUT2D eigenvalue weighted by molar-refractivity contribution is 7.91. The van der Waals surface area contributed by atoms with Crippen LogP contribution in [0.2, 0.25) is 0 Å². The summed E-state index contributed by atoms with van der Waals surface area (Å²) in [6.45, 7) is 1.62. The van der Waals surface area contributed by atoms with Crippen LogP contribution in [0, 0.1) is 5.82 Å². The monoisotopic (exact) mass is 478 g/mol. The molecule has 0 spiro atoms. The Balaban J connectivity index is 2.16. The predicted octanol–water partition coefficient (Wildman–Crippen LogP) is 2.49. The minimum Gasteiger partial charge on any atom is -0.497 e. The van der Waals surface area contributed by atoms with Gasteiger partial charge < -0.3 is 24.8 Å². The molecule has 11 heteroatoms. The quantitative estimate of drug-likeness (QED) is 0.442. The maximum Gasteiger partial charge on any atom is 0.338 e. The lowest BCUT2D eigenvalue weighted by atomic mass is 9.94. The summed E-state index contributed by atoms with van der Waals surface area (Å²) in [5.41, 5.74) is 0.108. The Labute approximate surface area is 190 Å². The van der Waals surface area contributed by atoms with Crippen molar-refractivity contribution in [1.29, 1.82) is 0 Å². The number of hydrogen-bond donors (Lipinski definition) is 2. The Kier molecular flexibility index (Phi) is 7.22. The number of nitrogens with one attached hydrogen (secondary N) is 2. The van der Waals surface area contributed by atoms with E-state index in [1.54, 1.807) is 25.1 Å². The first-order chi connectivity index (χ1) is 15.7. The van der Waals surface area contributed by atoms with Gasteiger partial charge in [-0.25, -0.2) is 22.4 Å². The van der Waals surface area contributed by atoms with E-state index in [4.69, 9.17) is 14.2 Å². The zero-order valence-corrected chi connectivity index (χ0v) is 19.0. The molecular formula is C22H23FN2O7S. The summed E-state index contributed by atoms with van der Waals surface area (Å²) in [5.74, 6) is -1.36. The van der Waals surface area contributed by atoms with Crippen LogP contribution in [0.3, 0.4) is 0 Å². The molecule has 0 bridgehead atoms. The van der Waals surface area contributed by atoms with Gasteiger partial charge in [-0.15, -0.1) is 0 Å². The molecule has 0 saturated heterocycles.